The molecule has 1 saturated heterocycles. The highest BCUT2D eigenvalue weighted by Crippen LogP contribution is 2.21. The number of carbonyl (C=O) groups is 1. The summed E-state index contributed by atoms with van der Waals surface area (Å²) in [7, 11) is -3.58. The van der Waals surface area contributed by atoms with Crippen LogP contribution in [0.1, 0.15) is 41.1 Å². The van der Waals surface area contributed by atoms with Crippen LogP contribution in [-0.4, -0.2) is 37.9 Å². The van der Waals surface area contributed by atoms with Crippen molar-refractivity contribution < 1.29 is 17.6 Å². The van der Waals surface area contributed by atoms with Crippen LogP contribution in [-0.2, 0) is 10.0 Å². The number of aryl methyl sites for hydroxylation is 1. The second-order valence-corrected chi connectivity index (χ2v) is 8.08. The van der Waals surface area contributed by atoms with Crippen LogP contribution in [0.3, 0.4) is 0 Å². The van der Waals surface area contributed by atoms with Crippen molar-refractivity contribution in [1.82, 2.24) is 9.73 Å². The molecule has 0 atom stereocenters. The summed E-state index contributed by atoms with van der Waals surface area (Å²) in [4.78, 5) is 12.4. The average molecular weight is 375 g/mol. The summed E-state index contributed by atoms with van der Waals surface area (Å²) >= 11 is 0. The second kappa shape index (κ2) is 7.84. The van der Waals surface area contributed by atoms with Crippen molar-refractivity contribution in [3.8, 4) is 0 Å². The van der Waals surface area contributed by atoms with Crippen molar-refractivity contribution in [2.45, 2.75) is 31.1 Å². The molecular weight excluding hydrogens is 354 g/mol. The highest BCUT2D eigenvalue weighted by molar-refractivity contribution is 7.89. The van der Waals surface area contributed by atoms with Crippen molar-refractivity contribution in [3.63, 3.8) is 0 Å². The van der Waals surface area contributed by atoms with Gasteiger partial charge < -0.3 is 4.42 Å². The number of hydrogen-bond acceptors (Lipinski definition) is 5. The van der Waals surface area contributed by atoms with Gasteiger partial charge in [-0.15, -0.1) is 0 Å². The number of piperidine rings is 1. The van der Waals surface area contributed by atoms with Gasteiger partial charge in [0.25, 0.3) is 5.91 Å². The fourth-order valence-electron chi connectivity index (χ4n) is 2.79. The van der Waals surface area contributed by atoms with E-state index in [0.29, 0.717) is 18.8 Å². The lowest BCUT2D eigenvalue weighted by Gasteiger charge is -2.25. The fraction of sp³-hybridized carbons (Fsp3) is 0.333. The van der Waals surface area contributed by atoms with Gasteiger partial charge in [-0.1, -0.05) is 12.5 Å². The number of nitrogens with one attached hydrogen (secondary N) is 1. The minimum Gasteiger partial charge on any atom is -0.460 e. The van der Waals surface area contributed by atoms with Crippen molar-refractivity contribution in [2.75, 3.05) is 13.1 Å². The molecule has 138 valence electrons. The molecule has 0 aliphatic carbocycles. The number of sulfonamides is 1. The first-order valence-electron chi connectivity index (χ1n) is 8.47. The standard InChI is InChI=1S/C18H21N3O4S/c1-14-8-9-16(25-14)13-19-20-18(22)15-6-5-7-17(12-15)26(23,24)21-10-3-2-4-11-21/h5-9,12-13H,2-4,10-11H2,1H3,(H,20,22)/b19-13-. The minimum atomic E-state index is -3.58. The summed E-state index contributed by atoms with van der Waals surface area (Å²) in [6.45, 7) is 2.85. The number of nitrogens with zero attached hydrogens (tertiary/aromatic N) is 2. The Morgan fingerprint density at radius 3 is 2.65 bits per heavy atom. The minimum absolute atomic E-state index is 0.123. The summed E-state index contributed by atoms with van der Waals surface area (Å²) in [5.74, 6) is 0.776. The van der Waals surface area contributed by atoms with Crippen LogP contribution in [0.15, 0.2) is 50.8 Å². The van der Waals surface area contributed by atoms with Gasteiger partial charge >= 0.3 is 0 Å². The monoisotopic (exact) mass is 375 g/mol. The molecule has 1 aliphatic heterocycles. The average Bonchev–Trinajstić information content (AvgIpc) is 3.07. The third kappa shape index (κ3) is 4.20. The van der Waals surface area contributed by atoms with Gasteiger partial charge in [0, 0.05) is 18.7 Å². The van der Waals surface area contributed by atoms with Crippen LogP contribution >= 0.6 is 0 Å². The van der Waals surface area contributed by atoms with E-state index in [0.717, 1.165) is 25.0 Å². The van der Waals surface area contributed by atoms with Crippen molar-refractivity contribution in [1.29, 1.82) is 0 Å². The summed E-state index contributed by atoms with van der Waals surface area (Å²) in [6, 6.07) is 9.53. The maximum absolute atomic E-state index is 12.7. The molecule has 3 rings (SSSR count). The first kappa shape index (κ1) is 18.3. The summed E-state index contributed by atoms with van der Waals surface area (Å²) in [6.07, 6.45) is 4.15. The number of furan rings is 1. The van der Waals surface area contributed by atoms with E-state index in [2.05, 4.69) is 10.5 Å². The molecular formula is C18H21N3O4S. The molecule has 0 saturated carbocycles. The third-order valence-electron chi connectivity index (χ3n) is 4.17. The van der Waals surface area contributed by atoms with Gasteiger partial charge in [-0.05, 0) is 50.1 Å². The summed E-state index contributed by atoms with van der Waals surface area (Å²) < 4.78 is 32.2. The van der Waals surface area contributed by atoms with Crippen LogP contribution in [0.2, 0.25) is 0 Å². The Kier molecular flexibility index (Phi) is 5.53. The number of benzene rings is 1. The van der Waals surface area contributed by atoms with Crippen LogP contribution in [0.25, 0.3) is 0 Å². The van der Waals surface area contributed by atoms with Crippen molar-refractivity contribution in [3.05, 3.63) is 53.5 Å². The maximum Gasteiger partial charge on any atom is 0.271 e. The van der Waals surface area contributed by atoms with Crippen LogP contribution in [0.5, 0.6) is 0 Å². The Morgan fingerprint density at radius 1 is 1.19 bits per heavy atom. The smallest absolute Gasteiger partial charge is 0.271 e. The lowest BCUT2D eigenvalue weighted by Crippen LogP contribution is -2.35. The van der Waals surface area contributed by atoms with Crippen LogP contribution in [0, 0.1) is 6.92 Å². The molecule has 0 unspecified atom stereocenters. The molecule has 1 amide bonds. The van der Waals surface area contributed by atoms with Gasteiger partial charge in [0.1, 0.15) is 11.5 Å². The number of amides is 1. The lowest BCUT2D eigenvalue weighted by atomic mass is 10.2. The third-order valence-corrected chi connectivity index (χ3v) is 6.06. The highest BCUT2D eigenvalue weighted by atomic mass is 32.2. The quantitative estimate of drug-likeness (QED) is 0.642. The fourth-order valence-corrected chi connectivity index (χ4v) is 4.36. The Bertz CT molecular complexity index is 912. The van der Waals surface area contributed by atoms with Crippen molar-refractivity contribution >= 4 is 22.1 Å². The number of hydrogen-bond donors (Lipinski definition) is 1. The van der Waals surface area contributed by atoms with E-state index in [4.69, 9.17) is 4.42 Å². The van der Waals surface area contributed by atoms with Gasteiger partial charge in [-0.25, -0.2) is 13.8 Å². The van der Waals surface area contributed by atoms with Gasteiger partial charge in [-0.3, -0.25) is 4.79 Å². The summed E-state index contributed by atoms with van der Waals surface area (Å²) in [5, 5.41) is 3.83. The highest BCUT2D eigenvalue weighted by Gasteiger charge is 2.26. The van der Waals surface area contributed by atoms with Crippen LogP contribution < -0.4 is 5.43 Å². The zero-order valence-electron chi connectivity index (χ0n) is 14.5. The van der Waals surface area contributed by atoms with E-state index in [1.807, 2.05) is 6.92 Å². The number of carbonyl (C=O) groups excluding carboxylic acids is 1. The maximum atomic E-state index is 12.7. The molecule has 1 aromatic heterocycles. The molecule has 0 radical (unpaired) electrons. The van der Waals surface area contributed by atoms with Gasteiger partial charge in [0.15, 0.2) is 0 Å². The van der Waals surface area contributed by atoms with Crippen LogP contribution in [0.4, 0.5) is 0 Å². The van der Waals surface area contributed by atoms with Crippen molar-refractivity contribution in [2.24, 2.45) is 5.10 Å². The molecule has 2 heterocycles. The summed E-state index contributed by atoms with van der Waals surface area (Å²) in [5.41, 5.74) is 2.61. The first-order chi connectivity index (χ1) is 12.5. The lowest BCUT2D eigenvalue weighted by molar-refractivity contribution is 0.0955. The van der Waals surface area contributed by atoms with E-state index in [-0.39, 0.29) is 10.5 Å². The van der Waals surface area contributed by atoms with E-state index in [9.17, 15) is 13.2 Å². The first-order valence-corrected chi connectivity index (χ1v) is 9.91. The number of hydrazone groups is 1. The molecule has 0 spiro atoms. The zero-order valence-corrected chi connectivity index (χ0v) is 15.3. The Morgan fingerprint density at radius 2 is 1.96 bits per heavy atom. The SMILES string of the molecule is Cc1ccc(/C=N\NC(=O)c2cccc(S(=O)(=O)N3CCCCC3)c2)o1. The van der Waals surface area contributed by atoms with E-state index < -0.39 is 15.9 Å². The molecule has 26 heavy (non-hydrogen) atoms. The molecule has 7 nitrogen and oxygen atoms in total. The van der Waals surface area contributed by atoms with Gasteiger partial charge in [0.2, 0.25) is 10.0 Å². The predicted octanol–water partition coefficient (Wildman–Crippen LogP) is 2.53. The molecule has 1 aliphatic rings. The molecule has 0 bridgehead atoms. The molecule has 8 heteroatoms. The van der Waals surface area contributed by atoms with E-state index >= 15 is 0 Å². The Hall–Kier alpha value is -2.45. The molecule has 2 aromatic rings. The zero-order chi connectivity index (χ0) is 18.6. The van der Waals surface area contributed by atoms with E-state index in [1.165, 1.54) is 22.7 Å². The second-order valence-electron chi connectivity index (χ2n) is 6.14. The Labute approximate surface area is 152 Å². The van der Waals surface area contributed by atoms with Gasteiger partial charge in [-0.2, -0.15) is 9.41 Å². The number of rotatable bonds is 5. The van der Waals surface area contributed by atoms with Gasteiger partial charge in [0.05, 0.1) is 11.1 Å². The van der Waals surface area contributed by atoms with E-state index in [1.54, 1.807) is 24.3 Å². The Balaban J connectivity index is 1.71. The topological polar surface area (TPSA) is 92.0 Å². The molecule has 1 aromatic carbocycles. The largest absolute Gasteiger partial charge is 0.460 e. The normalized spacial score (nSPS) is 16.0. The predicted molar refractivity (Wildman–Crippen MR) is 97.6 cm³/mol. The molecule has 1 N–H and O–H groups in total. The molecule has 1 fully saturated rings.